The fourth-order valence-electron chi connectivity index (χ4n) is 2.11. The zero-order valence-corrected chi connectivity index (χ0v) is 9.83. The lowest BCUT2D eigenvalue weighted by molar-refractivity contribution is -0.124. The fraction of sp³-hybridized carbons (Fsp3) is 0.818. The lowest BCUT2D eigenvalue weighted by Crippen LogP contribution is -2.47. The lowest BCUT2D eigenvalue weighted by Gasteiger charge is -2.28. The molecule has 2 N–H and O–H groups in total. The van der Waals surface area contributed by atoms with Crippen LogP contribution >= 0.6 is 0 Å². The minimum absolute atomic E-state index is 0.126. The Hall–Kier alpha value is -1.10. The quantitative estimate of drug-likeness (QED) is 0.648. The van der Waals surface area contributed by atoms with Crippen LogP contribution in [0.4, 0.5) is 0 Å². The van der Waals surface area contributed by atoms with Crippen LogP contribution in [-0.2, 0) is 4.79 Å². The van der Waals surface area contributed by atoms with Crippen LogP contribution in [0.2, 0.25) is 0 Å². The highest BCUT2D eigenvalue weighted by atomic mass is 16.2. The summed E-state index contributed by atoms with van der Waals surface area (Å²) >= 11 is 0. The van der Waals surface area contributed by atoms with E-state index < -0.39 is 0 Å². The molecule has 0 aromatic carbocycles. The number of rotatable bonds is 1. The van der Waals surface area contributed by atoms with Crippen molar-refractivity contribution >= 4 is 11.9 Å². The first-order chi connectivity index (χ1) is 7.75. The number of guanidine groups is 1. The highest BCUT2D eigenvalue weighted by molar-refractivity contribution is 5.98. The van der Waals surface area contributed by atoms with Crippen LogP contribution in [0.1, 0.15) is 19.3 Å². The number of nitrogens with one attached hydrogen (secondary N) is 2. The van der Waals surface area contributed by atoms with Crippen LogP contribution in [0.5, 0.6) is 0 Å². The van der Waals surface area contributed by atoms with Crippen molar-refractivity contribution in [3.8, 4) is 0 Å². The van der Waals surface area contributed by atoms with Gasteiger partial charge in [-0.15, -0.1) is 0 Å². The molecule has 1 saturated heterocycles. The van der Waals surface area contributed by atoms with E-state index in [9.17, 15) is 4.79 Å². The van der Waals surface area contributed by atoms with E-state index in [-0.39, 0.29) is 11.8 Å². The molecule has 0 aromatic rings. The Morgan fingerprint density at radius 2 is 2.25 bits per heavy atom. The summed E-state index contributed by atoms with van der Waals surface area (Å²) in [6.07, 6.45) is 2.96. The van der Waals surface area contributed by atoms with E-state index in [1.54, 1.807) is 0 Å². The summed E-state index contributed by atoms with van der Waals surface area (Å²) in [5, 5.41) is 5.99. The molecule has 0 aromatic heterocycles. The maximum absolute atomic E-state index is 11.9. The van der Waals surface area contributed by atoms with E-state index in [0.29, 0.717) is 5.96 Å². The third-order valence-electron chi connectivity index (χ3n) is 3.23. The molecule has 90 valence electrons. The van der Waals surface area contributed by atoms with Gasteiger partial charge < -0.3 is 10.2 Å². The molecular weight excluding hydrogens is 204 g/mol. The van der Waals surface area contributed by atoms with E-state index in [4.69, 9.17) is 0 Å². The Morgan fingerprint density at radius 1 is 1.50 bits per heavy atom. The summed E-state index contributed by atoms with van der Waals surface area (Å²) in [5.74, 6) is 0.944. The van der Waals surface area contributed by atoms with Crippen molar-refractivity contribution in [3.63, 3.8) is 0 Å². The molecule has 16 heavy (non-hydrogen) atoms. The number of hydrogen-bond donors (Lipinski definition) is 2. The average Bonchev–Trinajstić information content (AvgIpc) is 2.31. The Labute approximate surface area is 96.3 Å². The molecule has 2 rings (SSSR count). The van der Waals surface area contributed by atoms with Gasteiger partial charge in [0.05, 0.1) is 0 Å². The minimum atomic E-state index is 0.126. The maximum Gasteiger partial charge on any atom is 0.229 e. The molecule has 0 saturated carbocycles. The van der Waals surface area contributed by atoms with Gasteiger partial charge in [-0.1, -0.05) is 0 Å². The number of hydrogen-bond acceptors (Lipinski definition) is 4. The van der Waals surface area contributed by atoms with E-state index in [1.807, 2.05) is 0 Å². The van der Waals surface area contributed by atoms with E-state index in [0.717, 1.165) is 45.4 Å². The van der Waals surface area contributed by atoms with Gasteiger partial charge in [-0.05, 0) is 39.4 Å². The van der Waals surface area contributed by atoms with Crippen LogP contribution < -0.4 is 10.6 Å². The minimum Gasteiger partial charge on any atom is -0.356 e. The molecule has 2 aliphatic rings. The molecule has 0 atom stereocenters. The van der Waals surface area contributed by atoms with Crippen molar-refractivity contribution in [2.45, 2.75) is 19.3 Å². The summed E-state index contributed by atoms with van der Waals surface area (Å²) in [6, 6.07) is 0. The third kappa shape index (κ3) is 2.95. The second kappa shape index (κ2) is 5.30. The topological polar surface area (TPSA) is 56.7 Å². The zero-order valence-electron chi connectivity index (χ0n) is 9.83. The summed E-state index contributed by atoms with van der Waals surface area (Å²) in [5.41, 5.74) is 0. The molecule has 1 fully saturated rings. The molecule has 0 unspecified atom stereocenters. The Kier molecular flexibility index (Phi) is 3.77. The first-order valence-corrected chi connectivity index (χ1v) is 6.03. The van der Waals surface area contributed by atoms with Gasteiger partial charge in [-0.3, -0.25) is 15.1 Å². The van der Waals surface area contributed by atoms with Crippen molar-refractivity contribution in [2.24, 2.45) is 10.9 Å². The number of carbonyl (C=O) groups is 1. The molecule has 2 aliphatic heterocycles. The summed E-state index contributed by atoms with van der Waals surface area (Å²) in [4.78, 5) is 18.4. The molecule has 5 nitrogen and oxygen atoms in total. The van der Waals surface area contributed by atoms with Crippen molar-refractivity contribution < 1.29 is 4.79 Å². The highest BCUT2D eigenvalue weighted by Crippen LogP contribution is 2.15. The van der Waals surface area contributed by atoms with Gasteiger partial charge >= 0.3 is 0 Å². The second-order valence-electron chi connectivity index (χ2n) is 4.58. The van der Waals surface area contributed by atoms with Gasteiger partial charge in [0.2, 0.25) is 5.91 Å². The van der Waals surface area contributed by atoms with E-state index in [1.165, 1.54) is 0 Å². The number of likely N-dealkylation sites (tertiary alicyclic amines) is 1. The van der Waals surface area contributed by atoms with Crippen LogP contribution in [0.25, 0.3) is 0 Å². The first-order valence-electron chi connectivity index (χ1n) is 6.03. The molecule has 1 amide bonds. The summed E-state index contributed by atoms with van der Waals surface area (Å²) < 4.78 is 0. The van der Waals surface area contributed by atoms with Crippen LogP contribution in [0.15, 0.2) is 4.99 Å². The van der Waals surface area contributed by atoms with Gasteiger partial charge in [0, 0.05) is 19.0 Å². The maximum atomic E-state index is 11.9. The van der Waals surface area contributed by atoms with Crippen LogP contribution in [-0.4, -0.2) is 50.0 Å². The molecule has 0 aliphatic carbocycles. The normalized spacial score (nSPS) is 23.4. The van der Waals surface area contributed by atoms with Gasteiger partial charge in [-0.2, -0.15) is 0 Å². The monoisotopic (exact) mass is 224 g/mol. The van der Waals surface area contributed by atoms with Gasteiger partial charge in [-0.25, -0.2) is 0 Å². The number of piperidine rings is 1. The lowest BCUT2D eigenvalue weighted by atomic mass is 9.96. The highest BCUT2D eigenvalue weighted by Gasteiger charge is 2.24. The molecule has 0 radical (unpaired) electrons. The molecule has 2 heterocycles. The van der Waals surface area contributed by atoms with E-state index >= 15 is 0 Å². The van der Waals surface area contributed by atoms with Crippen molar-refractivity contribution in [1.29, 1.82) is 0 Å². The van der Waals surface area contributed by atoms with Crippen molar-refractivity contribution in [1.82, 2.24) is 15.5 Å². The van der Waals surface area contributed by atoms with Gasteiger partial charge in [0.1, 0.15) is 0 Å². The first kappa shape index (κ1) is 11.4. The fourth-order valence-corrected chi connectivity index (χ4v) is 2.11. The standard InChI is InChI=1S/C11H20N4O/c1-15-7-3-9(4-8-15)10(16)14-11-12-5-2-6-13-11/h9H,2-8H2,1H3,(H2,12,13,14,16). The van der Waals surface area contributed by atoms with Crippen molar-refractivity contribution in [2.75, 3.05) is 33.2 Å². The summed E-state index contributed by atoms with van der Waals surface area (Å²) in [6.45, 7) is 3.75. The number of nitrogens with zero attached hydrogens (tertiary/aromatic N) is 2. The van der Waals surface area contributed by atoms with Crippen molar-refractivity contribution in [3.05, 3.63) is 0 Å². The molecule has 5 heteroatoms. The van der Waals surface area contributed by atoms with Crippen LogP contribution in [0.3, 0.4) is 0 Å². The van der Waals surface area contributed by atoms with E-state index in [2.05, 4.69) is 27.6 Å². The van der Waals surface area contributed by atoms with Crippen LogP contribution in [0, 0.1) is 5.92 Å². The predicted octanol–water partition coefficient (Wildman–Crippen LogP) is -0.206. The largest absolute Gasteiger partial charge is 0.356 e. The third-order valence-corrected chi connectivity index (χ3v) is 3.23. The SMILES string of the molecule is CN1CCC(C(=O)NC2=NCCCN2)CC1. The number of aliphatic imine (C=N–C) groups is 1. The average molecular weight is 224 g/mol. The number of amides is 1. The zero-order chi connectivity index (χ0) is 11.4. The summed E-state index contributed by atoms with van der Waals surface area (Å²) in [7, 11) is 2.10. The molecule has 0 bridgehead atoms. The molecule has 0 spiro atoms. The number of carbonyl (C=O) groups excluding carboxylic acids is 1. The predicted molar refractivity (Wildman–Crippen MR) is 63.3 cm³/mol. The smallest absolute Gasteiger partial charge is 0.229 e. The second-order valence-corrected chi connectivity index (χ2v) is 4.58. The van der Waals surface area contributed by atoms with Gasteiger partial charge in [0.25, 0.3) is 0 Å². The Bertz CT molecular complexity index is 282. The van der Waals surface area contributed by atoms with Gasteiger partial charge in [0.15, 0.2) is 5.96 Å². The Morgan fingerprint density at radius 3 is 2.88 bits per heavy atom. The Balaban J connectivity index is 1.81. The molecular formula is C11H20N4O.